The van der Waals surface area contributed by atoms with Crippen molar-refractivity contribution in [3.63, 3.8) is 0 Å². The first-order chi connectivity index (χ1) is 9.81. The molecular formula is C17H27NO3. The summed E-state index contributed by atoms with van der Waals surface area (Å²) in [5.41, 5.74) is -0.604. The lowest BCUT2D eigenvalue weighted by Crippen LogP contribution is -2.48. The van der Waals surface area contributed by atoms with E-state index in [1.807, 2.05) is 0 Å². The van der Waals surface area contributed by atoms with Gasteiger partial charge in [-0.25, -0.2) is 0 Å². The van der Waals surface area contributed by atoms with Gasteiger partial charge in [-0.1, -0.05) is 26.7 Å². The van der Waals surface area contributed by atoms with Gasteiger partial charge < -0.3 is 5.11 Å². The predicted octanol–water partition coefficient (Wildman–Crippen LogP) is 2.49. The van der Waals surface area contributed by atoms with Crippen LogP contribution in [0, 0.1) is 17.3 Å². The lowest BCUT2D eigenvalue weighted by atomic mass is 9.71. The molecular weight excluding hydrogens is 266 g/mol. The third-order valence-electron chi connectivity index (χ3n) is 5.92. The zero-order valence-corrected chi connectivity index (χ0v) is 13.2. The number of hydrogen-bond donors (Lipinski definition) is 1. The number of aliphatic hydroxyl groups is 1. The molecule has 118 valence electrons. The molecule has 1 aliphatic heterocycles. The van der Waals surface area contributed by atoms with Crippen LogP contribution >= 0.6 is 0 Å². The van der Waals surface area contributed by atoms with Crippen molar-refractivity contribution in [3.8, 4) is 0 Å². The maximum absolute atomic E-state index is 12.5. The van der Waals surface area contributed by atoms with Crippen LogP contribution in [0.25, 0.3) is 0 Å². The van der Waals surface area contributed by atoms with Gasteiger partial charge in [-0.15, -0.1) is 0 Å². The first-order valence-electron chi connectivity index (χ1n) is 8.39. The van der Waals surface area contributed by atoms with Gasteiger partial charge in [0, 0.05) is 0 Å². The number of imide groups is 1. The van der Waals surface area contributed by atoms with E-state index in [1.54, 1.807) is 0 Å². The van der Waals surface area contributed by atoms with E-state index >= 15 is 0 Å². The van der Waals surface area contributed by atoms with E-state index in [-0.39, 0.29) is 35.6 Å². The molecule has 3 aliphatic rings. The van der Waals surface area contributed by atoms with Gasteiger partial charge in [0.05, 0.1) is 24.0 Å². The standard InChI is InChI=1S/C17H27NO3/c1-16(2)7-9-17(21,10-8-16)11-18-14(19)12-5-3-4-6-13(12)15(18)20/h12-13,21H,3-11H2,1-2H3. The monoisotopic (exact) mass is 293 g/mol. The number of carbonyl (C=O) groups is 2. The summed E-state index contributed by atoms with van der Waals surface area (Å²) in [4.78, 5) is 26.4. The fourth-order valence-electron chi connectivity index (χ4n) is 4.23. The van der Waals surface area contributed by atoms with Crippen LogP contribution in [-0.4, -0.2) is 34.0 Å². The van der Waals surface area contributed by atoms with Gasteiger partial charge in [0.25, 0.3) is 0 Å². The Hall–Kier alpha value is -0.900. The number of amides is 2. The lowest BCUT2D eigenvalue weighted by molar-refractivity contribution is -0.146. The largest absolute Gasteiger partial charge is 0.388 e. The fraction of sp³-hybridized carbons (Fsp3) is 0.882. The number of β-amino-alcohol motifs (C(OH)–C–C–N with tert-alkyl or cyclic N) is 1. The topological polar surface area (TPSA) is 57.6 Å². The van der Waals surface area contributed by atoms with E-state index in [2.05, 4.69) is 13.8 Å². The van der Waals surface area contributed by atoms with Gasteiger partial charge in [0.1, 0.15) is 0 Å². The molecule has 0 aromatic rings. The lowest BCUT2D eigenvalue weighted by Gasteiger charge is -2.41. The normalized spacial score (nSPS) is 34.9. The summed E-state index contributed by atoms with van der Waals surface area (Å²) >= 11 is 0. The van der Waals surface area contributed by atoms with Gasteiger partial charge >= 0.3 is 0 Å². The summed E-state index contributed by atoms with van der Waals surface area (Å²) in [7, 11) is 0. The maximum atomic E-state index is 12.5. The molecule has 2 amide bonds. The molecule has 0 radical (unpaired) electrons. The van der Waals surface area contributed by atoms with Crippen LogP contribution in [-0.2, 0) is 9.59 Å². The van der Waals surface area contributed by atoms with Crippen LogP contribution in [0.5, 0.6) is 0 Å². The highest BCUT2D eigenvalue weighted by molar-refractivity contribution is 6.05. The zero-order valence-electron chi connectivity index (χ0n) is 13.2. The van der Waals surface area contributed by atoms with Crippen molar-refractivity contribution in [1.82, 2.24) is 4.90 Å². The van der Waals surface area contributed by atoms with Gasteiger partial charge in [-0.2, -0.15) is 0 Å². The van der Waals surface area contributed by atoms with E-state index in [4.69, 9.17) is 0 Å². The van der Waals surface area contributed by atoms with Gasteiger partial charge in [-0.3, -0.25) is 14.5 Å². The van der Waals surface area contributed by atoms with E-state index in [0.717, 1.165) is 38.5 Å². The molecule has 2 atom stereocenters. The van der Waals surface area contributed by atoms with Crippen LogP contribution in [0.15, 0.2) is 0 Å². The molecule has 1 saturated heterocycles. The minimum atomic E-state index is -0.867. The van der Waals surface area contributed by atoms with E-state index in [1.165, 1.54) is 4.90 Å². The van der Waals surface area contributed by atoms with Crippen LogP contribution in [0.2, 0.25) is 0 Å². The van der Waals surface area contributed by atoms with E-state index in [9.17, 15) is 14.7 Å². The Labute approximate surface area is 126 Å². The average Bonchev–Trinajstić information content (AvgIpc) is 2.69. The van der Waals surface area contributed by atoms with E-state index < -0.39 is 5.60 Å². The summed E-state index contributed by atoms with van der Waals surface area (Å²) in [5, 5.41) is 10.8. The fourth-order valence-corrected chi connectivity index (χ4v) is 4.23. The molecule has 0 bridgehead atoms. The SMILES string of the molecule is CC1(C)CCC(O)(CN2C(=O)C3CCCCC3C2=O)CC1. The highest BCUT2D eigenvalue weighted by atomic mass is 16.3. The van der Waals surface area contributed by atoms with Gasteiger partial charge in [0.15, 0.2) is 0 Å². The van der Waals surface area contributed by atoms with E-state index in [0.29, 0.717) is 12.8 Å². The first kappa shape index (κ1) is 15.0. The zero-order chi connectivity index (χ0) is 15.3. The highest BCUT2D eigenvalue weighted by Crippen LogP contribution is 2.43. The number of nitrogens with zero attached hydrogens (tertiary/aromatic N) is 1. The number of fused-ring (bicyclic) bond motifs is 1. The smallest absolute Gasteiger partial charge is 0.233 e. The Bertz CT molecular complexity index is 423. The average molecular weight is 293 g/mol. The minimum Gasteiger partial charge on any atom is -0.388 e. The van der Waals surface area contributed by atoms with Gasteiger partial charge in [-0.05, 0) is 43.9 Å². The van der Waals surface area contributed by atoms with Crippen LogP contribution in [0.3, 0.4) is 0 Å². The molecule has 4 heteroatoms. The molecule has 0 spiro atoms. The van der Waals surface area contributed by atoms with Crippen molar-refractivity contribution < 1.29 is 14.7 Å². The Kier molecular flexibility index (Phi) is 3.63. The summed E-state index contributed by atoms with van der Waals surface area (Å²) in [6, 6.07) is 0. The number of carbonyl (C=O) groups excluding carboxylic acids is 2. The maximum Gasteiger partial charge on any atom is 0.233 e. The Morgan fingerprint density at radius 1 is 1.00 bits per heavy atom. The van der Waals surface area contributed by atoms with Crippen molar-refractivity contribution >= 4 is 11.8 Å². The summed E-state index contributed by atoms with van der Waals surface area (Å²) in [5.74, 6) is -0.254. The molecule has 2 unspecified atom stereocenters. The third-order valence-corrected chi connectivity index (χ3v) is 5.92. The summed E-state index contributed by atoms with van der Waals surface area (Å²) < 4.78 is 0. The first-order valence-corrected chi connectivity index (χ1v) is 8.39. The van der Waals surface area contributed by atoms with Crippen LogP contribution in [0.1, 0.15) is 65.2 Å². The van der Waals surface area contributed by atoms with Crippen LogP contribution < -0.4 is 0 Å². The molecule has 1 N–H and O–H groups in total. The second-order valence-electron chi connectivity index (χ2n) is 8.15. The van der Waals surface area contributed by atoms with Crippen molar-refractivity contribution in [1.29, 1.82) is 0 Å². The second-order valence-corrected chi connectivity index (χ2v) is 8.15. The predicted molar refractivity (Wildman–Crippen MR) is 79.4 cm³/mol. The Morgan fingerprint density at radius 2 is 1.48 bits per heavy atom. The third kappa shape index (κ3) is 2.75. The highest BCUT2D eigenvalue weighted by Gasteiger charge is 2.50. The Balaban J connectivity index is 1.70. The van der Waals surface area contributed by atoms with Crippen LogP contribution in [0.4, 0.5) is 0 Å². The molecule has 0 aromatic carbocycles. The molecule has 2 saturated carbocycles. The molecule has 3 fully saturated rings. The molecule has 0 aromatic heterocycles. The number of likely N-dealkylation sites (tertiary alicyclic amines) is 1. The van der Waals surface area contributed by atoms with Crippen molar-refractivity contribution in [2.24, 2.45) is 17.3 Å². The second kappa shape index (κ2) is 5.08. The quantitative estimate of drug-likeness (QED) is 0.796. The molecule has 21 heavy (non-hydrogen) atoms. The minimum absolute atomic E-state index is 0.0250. The molecule has 2 aliphatic carbocycles. The van der Waals surface area contributed by atoms with Crippen molar-refractivity contribution in [2.75, 3.05) is 6.54 Å². The summed E-state index contributed by atoms with van der Waals surface area (Å²) in [6.45, 7) is 4.65. The molecule has 1 heterocycles. The Morgan fingerprint density at radius 3 is 1.95 bits per heavy atom. The molecule has 3 rings (SSSR count). The molecule has 4 nitrogen and oxygen atoms in total. The van der Waals surface area contributed by atoms with Crippen molar-refractivity contribution in [2.45, 2.75) is 70.8 Å². The van der Waals surface area contributed by atoms with Crippen molar-refractivity contribution in [3.05, 3.63) is 0 Å². The number of hydrogen-bond acceptors (Lipinski definition) is 3. The number of rotatable bonds is 2. The summed E-state index contributed by atoms with van der Waals surface area (Å²) in [6.07, 6.45) is 7.06. The van der Waals surface area contributed by atoms with Gasteiger partial charge in [0.2, 0.25) is 11.8 Å².